The first kappa shape index (κ1) is 22.9. The normalized spacial score (nSPS) is 15.9. The highest BCUT2D eigenvalue weighted by Gasteiger charge is 2.16. The zero-order valence-electron chi connectivity index (χ0n) is 18.4. The van der Waals surface area contributed by atoms with Gasteiger partial charge in [0, 0.05) is 19.5 Å². The smallest absolute Gasteiger partial charge is 0.138 e. The maximum absolute atomic E-state index is 6.31. The summed E-state index contributed by atoms with van der Waals surface area (Å²) >= 11 is 6.31. The molecular weight excluding hydrogens is 396 g/mol. The number of likely N-dealkylation sites (tertiary alicyclic amines) is 1. The summed E-state index contributed by atoms with van der Waals surface area (Å²) in [5.74, 6) is 1.64. The molecule has 164 valence electrons. The fourth-order valence-electron chi connectivity index (χ4n) is 3.80. The van der Waals surface area contributed by atoms with Crippen LogP contribution in [0.3, 0.4) is 0 Å². The Kier molecular flexibility index (Phi) is 9.31. The third kappa shape index (κ3) is 7.50. The van der Waals surface area contributed by atoms with Crippen LogP contribution in [-0.4, -0.2) is 56.7 Å². The Balaban J connectivity index is 1.54. The Labute approximate surface area is 186 Å². The summed E-state index contributed by atoms with van der Waals surface area (Å²) in [6, 6.07) is 16.0. The predicted molar refractivity (Wildman–Crippen MR) is 125 cm³/mol. The van der Waals surface area contributed by atoms with E-state index in [1.807, 2.05) is 24.3 Å². The molecule has 1 aliphatic heterocycles. The van der Waals surface area contributed by atoms with Crippen LogP contribution < -0.4 is 9.47 Å². The summed E-state index contributed by atoms with van der Waals surface area (Å²) in [5.41, 5.74) is 1.14. The molecule has 0 saturated carbocycles. The molecule has 0 aromatic heterocycles. The molecule has 2 aromatic carbocycles. The van der Waals surface area contributed by atoms with Gasteiger partial charge in [-0.05, 0) is 76.3 Å². The highest BCUT2D eigenvalue weighted by Crippen LogP contribution is 2.31. The zero-order chi connectivity index (χ0) is 21.2. The SMILES string of the molecule is CN(C)CCC(Oc1ccccc1Cl)c1ccc(OCCCN2CCCCC2)cc1. The van der Waals surface area contributed by atoms with E-state index in [4.69, 9.17) is 21.1 Å². The highest BCUT2D eigenvalue weighted by molar-refractivity contribution is 6.32. The Morgan fingerprint density at radius 3 is 2.43 bits per heavy atom. The first-order valence-electron chi connectivity index (χ1n) is 11.1. The molecule has 5 heteroatoms. The van der Waals surface area contributed by atoms with E-state index >= 15 is 0 Å². The van der Waals surface area contributed by atoms with E-state index in [9.17, 15) is 0 Å². The molecule has 3 rings (SSSR count). The van der Waals surface area contributed by atoms with Crippen molar-refractivity contribution in [3.8, 4) is 11.5 Å². The Hall–Kier alpha value is -1.75. The van der Waals surface area contributed by atoms with Crippen LogP contribution in [0.1, 0.15) is 43.8 Å². The number of piperidine rings is 1. The largest absolute Gasteiger partial charge is 0.494 e. The van der Waals surface area contributed by atoms with Gasteiger partial charge in [-0.3, -0.25) is 0 Å². The second kappa shape index (κ2) is 12.2. The third-order valence-electron chi connectivity index (χ3n) is 5.53. The van der Waals surface area contributed by atoms with Crippen molar-refractivity contribution in [3.05, 3.63) is 59.1 Å². The van der Waals surface area contributed by atoms with E-state index in [1.54, 1.807) is 0 Å². The topological polar surface area (TPSA) is 24.9 Å². The number of ether oxygens (including phenoxy) is 2. The molecular formula is C25H35ClN2O2. The van der Waals surface area contributed by atoms with Crippen LogP contribution in [0.4, 0.5) is 0 Å². The molecule has 0 radical (unpaired) electrons. The lowest BCUT2D eigenvalue weighted by Gasteiger charge is -2.26. The van der Waals surface area contributed by atoms with E-state index in [0.717, 1.165) is 49.6 Å². The van der Waals surface area contributed by atoms with E-state index < -0.39 is 0 Å². The fourth-order valence-corrected chi connectivity index (χ4v) is 3.98. The van der Waals surface area contributed by atoms with Crippen molar-refractivity contribution in [1.29, 1.82) is 0 Å². The number of benzene rings is 2. The van der Waals surface area contributed by atoms with Crippen molar-refractivity contribution in [2.75, 3.05) is 46.9 Å². The molecule has 0 spiro atoms. The molecule has 2 aromatic rings. The first-order chi connectivity index (χ1) is 14.6. The molecule has 30 heavy (non-hydrogen) atoms. The summed E-state index contributed by atoms with van der Waals surface area (Å²) < 4.78 is 12.3. The van der Waals surface area contributed by atoms with E-state index in [1.165, 1.54) is 32.4 Å². The lowest BCUT2D eigenvalue weighted by molar-refractivity contribution is 0.179. The molecule has 0 aliphatic carbocycles. The molecule has 0 amide bonds. The van der Waals surface area contributed by atoms with Crippen LogP contribution >= 0.6 is 11.6 Å². The molecule has 1 atom stereocenters. The summed E-state index contributed by atoms with van der Waals surface area (Å²) in [5, 5.41) is 0.640. The van der Waals surface area contributed by atoms with Gasteiger partial charge in [-0.25, -0.2) is 0 Å². The minimum Gasteiger partial charge on any atom is -0.494 e. The van der Waals surface area contributed by atoms with E-state index in [0.29, 0.717) is 5.02 Å². The van der Waals surface area contributed by atoms with E-state index in [-0.39, 0.29) is 6.10 Å². The van der Waals surface area contributed by atoms with Crippen molar-refractivity contribution in [3.63, 3.8) is 0 Å². The molecule has 1 saturated heterocycles. The van der Waals surface area contributed by atoms with Crippen molar-refractivity contribution < 1.29 is 9.47 Å². The predicted octanol–water partition coefficient (Wildman–Crippen LogP) is 5.67. The summed E-state index contributed by atoms with van der Waals surface area (Å²) in [6.07, 6.45) is 5.97. The molecule has 1 unspecified atom stereocenters. The zero-order valence-corrected chi connectivity index (χ0v) is 19.1. The van der Waals surface area contributed by atoms with Gasteiger partial charge in [0.2, 0.25) is 0 Å². The van der Waals surface area contributed by atoms with Gasteiger partial charge in [-0.1, -0.05) is 42.3 Å². The Morgan fingerprint density at radius 2 is 1.73 bits per heavy atom. The van der Waals surface area contributed by atoms with Gasteiger partial charge in [0.15, 0.2) is 0 Å². The lowest BCUT2D eigenvalue weighted by atomic mass is 10.1. The number of rotatable bonds is 11. The highest BCUT2D eigenvalue weighted by atomic mass is 35.5. The van der Waals surface area contributed by atoms with Crippen molar-refractivity contribution in [2.24, 2.45) is 0 Å². The molecule has 1 fully saturated rings. The molecule has 1 aliphatic rings. The van der Waals surface area contributed by atoms with Crippen LogP contribution in [0, 0.1) is 0 Å². The summed E-state index contributed by atoms with van der Waals surface area (Å²) in [7, 11) is 4.15. The average Bonchev–Trinajstić information content (AvgIpc) is 2.76. The van der Waals surface area contributed by atoms with Gasteiger partial charge in [0.25, 0.3) is 0 Å². The third-order valence-corrected chi connectivity index (χ3v) is 5.84. The second-order valence-electron chi connectivity index (χ2n) is 8.30. The van der Waals surface area contributed by atoms with Gasteiger partial charge in [-0.2, -0.15) is 0 Å². The molecule has 4 nitrogen and oxygen atoms in total. The van der Waals surface area contributed by atoms with Crippen LogP contribution in [-0.2, 0) is 0 Å². The monoisotopic (exact) mass is 430 g/mol. The van der Waals surface area contributed by atoms with Gasteiger partial charge in [0.1, 0.15) is 17.6 Å². The number of para-hydroxylation sites is 1. The van der Waals surface area contributed by atoms with Crippen molar-refractivity contribution in [2.45, 2.75) is 38.2 Å². The summed E-state index contributed by atoms with van der Waals surface area (Å²) in [4.78, 5) is 4.72. The second-order valence-corrected chi connectivity index (χ2v) is 8.71. The maximum Gasteiger partial charge on any atom is 0.138 e. The number of hydrogen-bond donors (Lipinski definition) is 0. The van der Waals surface area contributed by atoms with Crippen molar-refractivity contribution in [1.82, 2.24) is 9.80 Å². The average molecular weight is 431 g/mol. The fraction of sp³-hybridized carbons (Fsp3) is 0.520. The van der Waals surface area contributed by atoms with Crippen LogP contribution in [0.25, 0.3) is 0 Å². The summed E-state index contributed by atoms with van der Waals surface area (Å²) in [6.45, 7) is 5.32. The van der Waals surface area contributed by atoms with E-state index in [2.05, 4.69) is 48.2 Å². The van der Waals surface area contributed by atoms with Gasteiger partial charge in [0.05, 0.1) is 11.6 Å². The van der Waals surface area contributed by atoms with Crippen LogP contribution in [0.5, 0.6) is 11.5 Å². The van der Waals surface area contributed by atoms with Gasteiger partial charge >= 0.3 is 0 Å². The quantitative estimate of drug-likeness (QED) is 0.429. The Morgan fingerprint density at radius 1 is 1.00 bits per heavy atom. The maximum atomic E-state index is 6.31. The standard InChI is InChI=1S/C25H35ClN2O2/c1-27(2)19-15-24(30-25-10-5-4-9-23(25)26)21-11-13-22(14-12-21)29-20-8-18-28-16-6-3-7-17-28/h4-5,9-14,24H,3,6-8,15-20H2,1-2H3. The van der Waals surface area contributed by atoms with Crippen LogP contribution in [0.15, 0.2) is 48.5 Å². The molecule has 0 bridgehead atoms. The molecule has 1 heterocycles. The minimum atomic E-state index is -0.0551. The van der Waals surface area contributed by atoms with Crippen LogP contribution in [0.2, 0.25) is 5.02 Å². The lowest BCUT2D eigenvalue weighted by Crippen LogP contribution is -2.31. The van der Waals surface area contributed by atoms with Gasteiger partial charge < -0.3 is 19.3 Å². The minimum absolute atomic E-state index is 0.0551. The Bertz CT molecular complexity index is 745. The number of halogens is 1. The number of hydrogen-bond acceptors (Lipinski definition) is 4. The number of nitrogens with zero attached hydrogens (tertiary/aromatic N) is 2. The molecule has 0 N–H and O–H groups in total. The van der Waals surface area contributed by atoms with Gasteiger partial charge in [-0.15, -0.1) is 0 Å². The first-order valence-corrected chi connectivity index (χ1v) is 11.5. The van der Waals surface area contributed by atoms with Crippen molar-refractivity contribution >= 4 is 11.6 Å².